The van der Waals surface area contributed by atoms with Gasteiger partial charge in [-0.3, -0.25) is 9.78 Å². The van der Waals surface area contributed by atoms with Crippen molar-refractivity contribution < 1.29 is 4.79 Å². The van der Waals surface area contributed by atoms with E-state index in [9.17, 15) is 4.79 Å². The number of nitrogens with zero attached hydrogens (tertiary/aromatic N) is 1. The smallest absolute Gasteiger partial charge is 0.185 e. The monoisotopic (exact) mass is 261 g/mol. The van der Waals surface area contributed by atoms with E-state index in [2.05, 4.69) is 4.98 Å². The molecule has 0 radical (unpaired) electrons. The van der Waals surface area contributed by atoms with E-state index in [0.29, 0.717) is 0 Å². The van der Waals surface area contributed by atoms with Crippen molar-refractivity contribution in [2.75, 3.05) is 0 Å². The van der Waals surface area contributed by atoms with E-state index in [1.807, 2.05) is 54.6 Å². The van der Waals surface area contributed by atoms with Crippen LogP contribution in [0.25, 0.3) is 12.2 Å². The molecule has 1 fully saturated rings. The van der Waals surface area contributed by atoms with Crippen LogP contribution in [0.3, 0.4) is 0 Å². The first-order valence-electron chi connectivity index (χ1n) is 6.74. The summed E-state index contributed by atoms with van der Waals surface area (Å²) in [6.07, 6.45) is 9.08. The Morgan fingerprint density at radius 3 is 2.15 bits per heavy atom. The highest BCUT2D eigenvalue weighted by Gasteiger charge is 2.22. The van der Waals surface area contributed by atoms with Gasteiger partial charge in [-0.25, -0.2) is 0 Å². The first kappa shape index (κ1) is 12.5. The number of Topliss-reactive ketones (excluding diaryl/α,β-unsaturated/α-hetero) is 1. The Kier molecular flexibility index (Phi) is 3.55. The fourth-order valence-corrected chi connectivity index (χ4v) is 2.39. The second-order valence-corrected chi connectivity index (χ2v) is 4.87. The van der Waals surface area contributed by atoms with Crippen molar-refractivity contribution >= 4 is 17.9 Å². The Balaban J connectivity index is 1.85. The number of carbonyl (C=O) groups excluding carboxylic acids is 1. The summed E-state index contributed by atoms with van der Waals surface area (Å²) >= 11 is 0. The van der Waals surface area contributed by atoms with Gasteiger partial charge < -0.3 is 0 Å². The van der Waals surface area contributed by atoms with E-state index in [1.165, 1.54) is 0 Å². The molecule has 0 atom stereocenters. The minimum atomic E-state index is 0.165. The van der Waals surface area contributed by atoms with Gasteiger partial charge in [-0.05, 0) is 42.2 Å². The van der Waals surface area contributed by atoms with E-state index < -0.39 is 0 Å². The molecule has 1 aliphatic carbocycles. The summed E-state index contributed by atoms with van der Waals surface area (Å²) in [5, 5.41) is 0. The Bertz CT molecular complexity index is 610. The van der Waals surface area contributed by atoms with Gasteiger partial charge in [-0.1, -0.05) is 36.4 Å². The van der Waals surface area contributed by atoms with E-state index in [4.69, 9.17) is 0 Å². The number of rotatable bonds is 2. The Labute approximate surface area is 118 Å². The lowest BCUT2D eigenvalue weighted by atomic mass is 10.1. The Morgan fingerprint density at radius 1 is 0.850 bits per heavy atom. The topological polar surface area (TPSA) is 30.0 Å². The average molecular weight is 261 g/mol. The molecule has 20 heavy (non-hydrogen) atoms. The van der Waals surface area contributed by atoms with Gasteiger partial charge in [0.1, 0.15) is 0 Å². The number of allylic oxidation sites excluding steroid dienone is 2. The van der Waals surface area contributed by atoms with Gasteiger partial charge in [-0.15, -0.1) is 0 Å². The van der Waals surface area contributed by atoms with E-state index in [0.717, 1.165) is 35.1 Å². The minimum absolute atomic E-state index is 0.165. The molecule has 0 aliphatic heterocycles. The van der Waals surface area contributed by atoms with Gasteiger partial charge >= 0.3 is 0 Å². The van der Waals surface area contributed by atoms with Crippen LogP contribution in [-0.4, -0.2) is 10.8 Å². The van der Waals surface area contributed by atoms with Gasteiger partial charge in [0.05, 0.1) is 0 Å². The Morgan fingerprint density at radius 2 is 1.50 bits per heavy atom. The molecule has 2 nitrogen and oxygen atoms in total. The van der Waals surface area contributed by atoms with E-state index in [1.54, 1.807) is 12.4 Å². The fraction of sp³-hybridized carbons (Fsp3) is 0.111. The van der Waals surface area contributed by atoms with Crippen molar-refractivity contribution in [3.8, 4) is 0 Å². The summed E-state index contributed by atoms with van der Waals surface area (Å²) in [5.74, 6) is 0.165. The fourth-order valence-electron chi connectivity index (χ4n) is 2.39. The van der Waals surface area contributed by atoms with Crippen LogP contribution in [0.4, 0.5) is 0 Å². The highest BCUT2D eigenvalue weighted by atomic mass is 16.1. The second kappa shape index (κ2) is 5.66. The lowest BCUT2D eigenvalue weighted by Gasteiger charge is -1.97. The predicted octanol–water partition coefficient (Wildman–Crippen LogP) is 3.91. The largest absolute Gasteiger partial charge is 0.289 e. The molecule has 1 aromatic carbocycles. The Hall–Kier alpha value is -2.48. The number of benzene rings is 1. The van der Waals surface area contributed by atoms with Crippen LogP contribution in [0, 0.1) is 0 Å². The maximum absolute atomic E-state index is 12.4. The number of hydrogen-bond donors (Lipinski definition) is 0. The van der Waals surface area contributed by atoms with Crippen molar-refractivity contribution in [3.05, 3.63) is 77.1 Å². The first-order valence-corrected chi connectivity index (χ1v) is 6.74. The molecule has 2 aromatic rings. The number of pyridine rings is 1. The third-order valence-corrected chi connectivity index (χ3v) is 3.41. The van der Waals surface area contributed by atoms with Crippen molar-refractivity contribution in [2.45, 2.75) is 12.8 Å². The van der Waals surface area contributed by atoms with Gasteiger partial charge in [0.2, 0.25) is 0 Å². The second-order valence-electron chi connectivity index (χ2n) is 4.87. The molecule has 1 aromatic heterocycles. The van der Waals surface area contributed by atoms with Crippen LogP contribution in [-0.2, 0) is 4.79 Å². The van der Waals surface area contributed by atoms with Gasteiger partial charge in [0.15, 0.2) is 5.78 Å². The quantitative estimate of drug-likeness (QED) is 0.767. The number of aromatic nitrogens is 1. The van der Waals surface area contributed by atoms with Crippen LogP contribution in [0.15, 0.2) is 66.0 Å². The van der Waals surface area contributed by atoms with Crippen molar-refractivity contribution in [3.63, 3.8) is 0 Å². The zero-order chi connectivity index (χ0) is 13.8. The minimum Gasteiger partial charge on any atom is -0.289 e. The lowest BCUT2D eigenvalue weighted by molar-refractivity contribution is -0.111. The molecular weight excluding hydrogens is 246 g/mol. The third-order valence-electron chi connectivity index (χ3n) is 3.41. The standard InChI is InChI=1S/C18H15NO/c20-18-16(11-14-5-2-1-3-6-14)8-9-17(18)12-15-7-4-10-19-13-15/h1-7,10-13H,8-9H2. The summed E-state index contributed by atoms with van der Waals surface area (Å²) in [6, 6.07) is 13.8. The first-order chi connectivity index (χ1) is 9.83. The van der Waals surface area contributed by atoms with Crippen molar-refractivity contribution in [2.24, 2.45) is 0 Å². The highest BCUT2D eigenvalue weighted by molar-refractivity contribution is 6.15. The average Bonchev–Trinajstić information content (AvgIpc) is 2.83. The van der Waals surface area contributed by atoms with Gasteiger partial charge in [0, 0.05) is 23.5 Å². The molecule has 0 amide bonds. The molecule has 1 heterocycles. The SMILES string of the molecule is O=C1C(=Cc2ccccc2)CCC1=Cc1cccnc1. The molecule has 0 bridgehead atoms. The molecule has 1 saturated carbocycles. The number of carbonyl (C=O) groups is 1. The molecule has 1 aliphatic rings. The molecule has 98 valence electrons. The molecule has 0 N–H and O–H groups in total. The molecule has 3 rings (SSSR count). The molecule has 2 heteroatoms. The normalized spacial score (nSPS) is 18.9. The van der Waals surface area contributed by atoms with Crippen LogP contribution < -0.4 is 0 Å². The maximum Gasteiger partial charge on any atom is 0.185 e. The summed E-state index contributed by atoms with van der Waals surface area (Å²) in [4.78, 5) is 16.4. The zero-order valence-electron chi connectivity index (χ0n) is 11.1. The van der Waals surface area contributed by atoms with E-state index >= 15 is 0 Å². The molecule has 0 spiro atoms. The van der Waals surface area contributed by atoms with Crippen LogP contribution in [0.2, 0.25) is 0 Å². The van der Waals surface area contributed by atoms with Crippen molar-refractivity contribution in [1.29, 1.82) is 0 Å². The number of ketones is 1. The summed E-state index contributed by atoms with van der Waals surface area (Å²) in [6.45, 7) is 0. The summed E-state index contributed by atoms with van der Waals surface area (Å²) in [5.41, 5.74) is 3.84. The molecular formula is C18H15NO. The highest BCUT2D eigenvalue weighted by Crippen LogP contribution is 2.29. The van der Waals surface area contributed by atoms with Gasteiger partial charge in [-0.2, -0.15) is 0 Å². The van der Waals surface area contributed by atoms with Crippen LogP contribution >= 0.6 is 0 Å². The zero-order valence-corrected chi connectivity index (χ0v) is 11.1. The van der Waals surface area contributed by atoms with Crippen LogP contribution in [0.1, 0.15) is 24.0 Å². The summed E-state index contributed by atoms with van der Waals surface area (Å²) < 4.78 is 0. The third kappa shape index (κ3) is 2.75. The maximum atomic E-state index is 12.4. The lowest BCUT2D eigenvalue weighted by Crippen LogP contribution is -1.95. The summed E-state index contributed by atoms with van der Waals surface area (Å²) in [7, 11) is 0. The van der Waals surface area contributed by atoms with Crippen molar-refractivity contribution in [1.82, 2.24) is 4.98 Å². The predicted molar refractivity (Wildman–Crippen MR) is 80.9 cm³/mol. The molecule has 0 saturated heterocycles. The molecule has 0 unspecified atom stereocenters. The van der Waals surface area contributed by atoms with E-state index in [-0.39, 0.29) is 5.78 Å². The number of hydrogen-bond acceptors (Lipinski definition) is 2. The van der Waals surface area contributed by atoms with Gasteiger partial charge in [0.25, 0.3) is 0 Å². The van der Waals surface area contributed by atoms with Crippen LogP contribution in [0.5, 0.6) is 0 Å².